The fourth-order valence-electron chi connectivity index (χ4n) is 3.43. The maximum absolute atomic E-state index is 12.0. The number of amides is 2. The summed E-state index contributed by atoms with van der Waals surface area (Å²) in [4.78, 5) is 12.0. The van der Waals surface area contributed by atoms with Crippen molar-refractivity contribution in [3.63, 3.8) is 0 Å². The highest BCUT2D eigenvalue weighted by atomic mass is 16.5. The number of hydrogen-bond donors (Lipinski definition) is 2. The number of methoxy groups -OCH3 is 1. The maximum Gasteiger partial charge on any atom is 0.315 e. The molecule has 0 saturated heterocycles. The third-order valence-electron chi connectivity index (χ3n) is 4.53. The highest BCUT2D eigenvalue weighted by Crippen LogP contribution is 2.23. The zero-order valence-electron chi connectivity index (χ0n) is 13.6. The summed E-state index contributed by atoms with van der Waals surface area (Å²) in [5.41, 5.74) is 0. The minimum absolute atomic E-state index is 0.0232. The standard InChI is InChI=1S/C16H30N2O3/c1-11(2)21-14-7-4-12(5-8-14)17-16(19)18-13-6-9-15(10-13)20-3/h11-15H,4-10H2,1-3H3,(H2,17,18,19)/t12?,13-,14?,15+/m0/s1. The van der Waals surface area contributed by atoms with Gasteiger partial charge in [0.2, 0.25) is 0 Å². The van der Waals surface area contributed by atoms with Crippen LogP contribution in [-0.4, -0.2) is 43.5 Å². The topological polar surface area (TPSA) is 59.6 Å². The Balaban J connectivity index is 1.63. The van der Waals surface area contributed by atoms with Gasteiger partial charge < -0.3 is 20.1 Å². The Morgan fingerprint density at radius 1 is 0.952 bits per heavy atom. The first-order chi connectivity index (χ1) is 10.1. The SMILES string of the molecule is CO[C@@H]1CC[C@H](NC(=O)NC2CCC(OC(C)C)CC2)C1. The molecular formula is C16H30N2O3. The lowest BCUT2D eigenvalue weighted by Crippen LogP contribution is -2.47. The second kappa shape index (κ2) is 7.99. The Morgan fingerprint density at radius 3 is 2.10 bits per heavy atom. The molecule has 2 rings (SSSR count). The van der Waals surface area contributed by atoms with Crippen LogP contribution in [0.5, 0.6) is 0 Å². The fraction of sp³-hybridized carbons (Fsp3) is 0.938. The molecule has 2 N–H and O–H groups in total. The van der Waals surface area contributed by atoms with Gasteiger partial charge in [0, 0.05) is 19.2 Å². The van der Waals surface area contributed by atoms with E-state index in [0.29, 0.717) is 18.3 Å². The van der Waals surface area contributed by atoms with Gasteiger partial charge in [-0.15, -0.1) is 0 Å². The fourth-order valence-corrected chi connectivity index (χ4v) is 3.43. The van der Waals surface area contributed by atoms with Crippen molar-refractivity contribution in [3.8, 4) is 0 Å². The lowest BCUT2D eigenvalue weighted by atomic mass is 9.93. The number of nitrogens with one attached hydrogen (secondary N) is 2. The summed E-state index contributed by atoms with van der Waals surface area (Å²) < 4.78 is 11.2. The summed E-state index contributed by atoms with van der Waals surface area (Å²) in [5, 5.41) is 6.18. The normalized spacial score (nSPS) is 33.1. The van der Waals surface area contributed by atoms with Gasteiger partial charge in [-0.3, -0.25) is 0 Å². The molecule has 5 nitrogen and oxygen atoms in total. The van der Waals surface area contributed by atoms with Crippen LogP contribution in [0, 0.1) is 0 Å². The van der Waals surface area contributed by atoms with Crippen molar-refractivity contribution in [2.45, 2.75) is 89.2 Å². The van der Waals surface area contributed by atoms with Gasteiger partial charge in [-0.05, 0) is 58.8 Å². The molecule has 0 unspecified atom stereocenters. The Morgan fingerprint density at radius 2 is 1.52 bits per heavy atom. The van der Waals surface area contributed by atoms with Gasteiger partial charge in [0.25, 0.3) is 0 Å². The minimum Gasteiger partial charge on any atom is -0.381 e. The Bertz CT molecular complexity index is 327. The minimum atomic E-state index is -0.0232. The molecule has 2 aliphatic carbocycles. The van der Waals surface area contributed by atoms with Gasteiger partial charge in [-0.2, -0.15) is 0 Å². The third kappa shape index (κ3) is 5.47. The molecule has 2 atom stereocenters. The molecule has 122 valence electrons. The largest absolute Gasteiger partial charge is 0.381 e. The monoisotopic (exact) mass is 298 g/mol. The van der Waals surface area contributed by atoms with E-state index in [4.69, 9.17) is 9.47 Å². The second-order valence-corrected chi connectivity index (χ2v) is 6.64. The molecule has 0 radical (unpaired) electrons. The van der Waals surface area contributed by atoms with E-state index in [0.717, 1.165) is 44.9 Å². The first-order valence-corrected chi connectivity index (χ1v) is 8.32. The molecule has 0 aromatic rings. The number of carbonyl (C=O) groups excluding carboxylic acids is 1. The van der Waals surface area contributed by atoms with E-state index in [2.05, 4.69) is 24.5 Å². The van der Waals surface area contributed by atoms with Crippen LogP contribution in [0.25, 0.3) is 0 Å². The van der Waals surface area contributed by atoms with Crippen LogP contribution in [0.4, 0.5) is 4.79 Å². The summed E-state index contributed by atoms with van der Waals surface area (Å²) in [5.74, 6) is 0. The third-order valence-corrected chi connectivity index (χ3v) is 4.53. The number of rotatable bonds is 5. The van der Waals surface area contributed by atoms with Gasteiger partial charge in [0.05, 0.1) is 18.3 Å². The van der Waals surface area contributed by atoms with E-state index < -0.39 is 0 Å². The lowest BCUT2D eigenvalue weighted by molar-refractivity contribution is -0.0156. The van der Waals surface area contributed by atoms with Gasteiger partial charge in [-0.25, -0.2) is 4.79 Å². The van der Waals surface area contributed by atoms with Crippen LogP contribution in [0.3, 0.4) is 0 Å². The smallest absolute Gasteiger partial charge is 0.315 e. The highest BCUT2D eigenvalue weighted by Gasteiger charge is 2.27. The first-order valence-electron chi connectivity index (χ1n) is 8.32. The predicted octanol–water partition coefficient (Wildman–Crippen LogP) is 2.59. The van der Waals surface area contributed by atoms with Crippen molar-refractivity contribution in [3.05, 3.63) is 0 Å². The molecule has 21 heavy (non-hydrogen) atoms. The molecular weight excluding hydrogens is 268 g/mol. The molecule has 2 amide bonds. The maximum atomic E-state index is 12.0. The van der Waals surface area contributed by atoms with Crippen LogP contribution < -0.4 is 10.6 Å². The summed E-state index contributed by atoms with van der Waals surface area (Å²) >= 11 is 0. The first kappa shape index (κ1) is 16.6. The van der Waals surface area contributed by atoms with Gasteiger partial charge >= 0.3 is 6.03 Å². The summed E-state index contributed by atoms with van der Waals surface area (Å²) in [6.07, 6.45) is 8.04. The molecule has 0 aromatic heterocycles. The van der Waals surface area contributed by atoms with Crippen molar-refractivity contribution in [2.24, 2.45) is 0 Å². The highest BCUT2D eigenvalue weighted by molar-refractivity contribution is 5.74. The number of urea groups is 1. The van der Waals surface area contributed by atoms with Crippen molar-refractivity contribution < 1.29 is 14.3 Å². The van der Waals surface area contributed by atoms with Gasteiger partial charge in [-0.1, -0.05) is 0 Å². The van der Waals surface area contributed by atoms with E-state index in [1.807, 2.05) is 0 Å². The zero-order chi connectivity index (χ0) is 15.2. The van der Waals surface area contributed by atoms with E-state index in [9.17, 15) is 4.79 Å². The Kier molecular flexibility index (Phi) is 6.30. The lowest BCUT2D eigenvalue weighted by Gasteiger charge is -2.30. The summed E-state index contributed by atoms with van der Waals surface area (Å²) in [6.45, 7) is 4.15. The number of carbonyl (C=O) groups is 1. The van der Waals surface area contributed by atoms with Crippen molar-refractivity contribution in [2.75, 3.05) is 7.11 Å². The molecule has 2 saturated carbocycles. The van der Waals surface area contributed by atoms with Crippen molar-refractivity contribution >= 4 is 6.03 Å². The van der Waals surface area contributed by atoms with Crippen LogP contribution in [0.15, 0.2) is 0 Å². The van der Waals surface area contributed by atoms with Crippen LogP contribution in [-0.2, 0) is 9.47 Å². The average molecular weight is 298 g/mol. The molecule has 5 heteroatoms. The van der Waals surface area contributed by atoms with Gasteiger partial charge in [0.15, 0.2) is 0 Å². The van der Waals surface area contributed by atoms with Crippen LogP contribution in [0.2, 0.25) is 0 Å². The van der Waals surface area contributed by atoms with Crippen LogP contribution >= 0.6 is 0 Å². The molecule has 0 heterocycles. The van der Waals surface area contributed by atoms with Crippen molar-refractivity contribution in [1.29, 1.82) is 0 Å². The molecule has 0 bridgehead atoms. The zero-order valence-corrected chi connectivity index (χ0v) is 13.6. The Labute approximate surface area is 128 Å². The quantitative estimate of drug-likeness (QED) is 0.820. The number of ether oxygens (including phenoxy) is 2. The van der Waals surface area contributed by atoms with Gasteiger partial charge in [0.1, 0.15) is 0 Å². The average Bonchev–Trinajstić information content (AvgIpc) is 2.88. The van der Waals surface area contributed by atoms with E-state index in [1.165, 1.54) is 0 Å². The van der Waals surface area contributed by atoms with E-state index in [-0.39, 0.29) is 18.1 Å². The molecule has 0 aliphatic heterocycles. The molecule has 0 spiro atoms. The molecule has 0 aromatic carbocycles. The van der Waals surface area contributed by atoms with Crippen molar-refractivity contribution in [1.82, 2.24) is 10.6 Å². The van der Waals surface area contributed by atoms with E-state index in [1.54, 1.807) is 7.11 Å². The predicted molar refractivity (Wildman–Crippen MR) is 82.4 cm³/mol. The second-order valence-electron chi connectivity index (χ2n) is 6.64. The van der Waals surface area contributed by atoms with E-state index >= 15 is 0 Å². The number of hydrogen-bond acceptors (Lipinski definition) is 3. The molecule has 2 fully saturated rings. The Hall–Kier alpha value is -0.810. The summed E-state index contributed by atoms with van der Waals surface area (Å²) in [7, 11) is 1.74. The molecule has 2 aliphatic rings. The van der Waals surface area contributed by atoms with Crippen LogP contribution in [0.1, 0.15) is 58.8 Å². The summed E-state index contributed by atoms with van der Waals surface area (Å²) in [6, 6.07) is 0.525.